The summed E-state index contributed by atoms with van der Waals surface area (Å²) in [6.45, 7) is 0.339. The van der Waals surface area contributed by atoms with Gasteiger partial charge in [0.25, 0.3) is 5.69 Å². The van der Waals surface area contributed by atoms with Gasteiger partial charge in [0.15, 0.2) is 0 Å². The van der Waals surface area contributed by atoms with Crippen molar-refractivity contribution in [3.05, 3.63) is 33.9 Å². The number of nitrogen functional groups attached to an aromatic ring is 1. The zero-order valence-corrected chi connectivity index (χ0v) is 9.80. The lowest BCUT2D eigenvalue weighted by Gasteiger charge is -2.06. The third kappa shape index (κ3) is 2.97. The number of nitrogens with zero attached hydrogens (tertiary/aromatic N) is 1. The fraction of sp³-hybridized carbons (Fsp3) is 0.417. The van der Waals surface area contributed by atoms with E-state index in [-0.39, 0.29) is 16.9 Å². The van der Waals surface area contributed by atoms with E-state index >= 15 is 0 Å². The molecule has 0 heterocycles. The summed E-state index contributed by atoms with van der Waals surface area (Å²) in [7, 11) is 0. The Bertz CT molecular complexity index is 483. The van der Waals surface area contributed by atoms with Crippen LogP contribution in [0.1, 0.15) is 29.6 Å². The maximum Gasteiger partial charge on any atom is 0.340 e. The van der Waals surface area contributed by atoms with Crippen LogP contribution in [0, 0.1) is 16.0 Å². The highest BCUT2D eigenvalue weighted by Gasteiger charge is 2.22. The quantitative estimate of drug-likeness (QED) is 0.374. The standard InChI is InChI=1S/C12H14N2O4/c13-11-4-3-9(14(16)17)7-10(11)12(15)18-6-5-8-1-2-8/h3-4,7-8H,1-2,5-6,13H2. The third-order valence-corrected chi connectivity index (χ3v) is 2.92. The van der Waals surface area contributed by atoms with Gasteiger partial charge in [0.1, 0.15) is 0 Å². The first kappa shape index (κ1) is 12.3. The van der Waals surface area contributed by atoms with Crippen LogP contribution in [0.5, 0.6) is 0 Å². The van der Waals surface area contributed by atoms with E-state index in [1.54, 1.807) is 0 Å². The second-order valence-corrected chi connectivity index (χ2v) is 4.40. The van der Waals surface area contributed by atoms with E-state index in [0.29, 0.717) is 12.5 Å². The number of nitrogens with two attached hydrogens (primary N) is 1. The Hall–Kier alpha value is -2.11. The Morgan fingerprint density at radius 2 is 2.22 bits per heavy atom. The van der Waals surface area contributed by atoms with Crippen LogP contribution in [0.3, 0.4) is 0 Å². The second-order valence-electron chi connectivity index (χ2n) is 4.40. The maximum atomic E-state index is 11.7. The van der Waals surface area contributed by atoms with Crippen LogP contribution in [-0.2, 0) is 4.74 Å². The normalized spacial score (nSPS) is 14.2. The maximum absolute atomic E-state index is 11.7. The van der Waals surface area contributed by atoms with Gasteiger partial charge in [-0.1, -0.05) is 12.8 Å². The number of nitro benzene ring substituents is 1. The summed E-state index contributed by atoms with van der Waals surface area (Å²) >= 11 is 0. The van der Waals surface area contributed by atoms with Crippen LogP contribution < -0.4 is 5.73 Å². The summed E-state index contributed by atoms with van der Waals surface area (Å²) in [6.07, 6.45) is 3.23. The molecule has 0 saturated heterocycles. The number of benzene rings is 1. The van der Waals surface area contributed by atoms with Crippen molar-refractivity contribution in [3.8, 4) is 0 Å². The molecule has 2 rings (SSSR count). The molecule has 0 unspecified atom stereocenters. The topological polar surface area (TPSA) is 95.5 Å². The van der Waals surface area contributed by atoms with Gasteiger partial charge < -0.3 is 10.5 Å². The molecule has 0 spiro atoms. The number of anilines is 1. The molecule has 18 heavy (non-hydrogen) atoms. The van der Waals surface area contributed by atoms with Crippen molar-refractivity contribution in [3.63, 3.8) is 0 Å². The van der Waals surface area contributed by atoms with E-state index in [1.807, 2.05) is 0 Å². The van der Waals surface area contributed by atoms with Crippen molar-refractivity contribution in [1.82, 2.24) is 0 Å². The Labute approximate surface area is 104 Å². The molecule has 0 atom stereocenters. The summed E-state index contributed by atoms with van der Waals surface area (Å²) in [4.78, 5) is 21.8. The van der Waals surface area contributed by atoms with Gasteiger partial charge in [-0.15, -0.1) is 0 Å². The Kier molecular flexibility index (Phi) is 3.45. The first-order chi connectivity index (χ1) is 8.58. The number of rotatable bonds is 5. The van der Waals surface area contributed by atoms with E-state index in [4.69, 9.17) is 10.5 Å². The van der Waals surface area contributed by atoms with Crippen molar-refractivity contribution in [1.29, 1.82) is 0 Å². The van der Waals surface area contributed by atoms with Crippen molar-refractivity contribution < 1.29 is 14.5 Å². The van der Waals surface area contributed by atoms with E-state index in [9.17, 15) is 14.9 Å². The summed E-state index contributed by atoms with van der Waals surface area (Å²) in [5.74, 6) is 0.0668. The van der Waals surface area contributed by atoms with E-state index in [2.05, 4.69) is 0 Å². The fourth-order valence-electron chi connectivity index (χ4n) is 1.64. The highest BCUT2D eigenvalue weighted by atomic mass is 16.6. The molecule has 1 fully saturated rings. The van der Waals surface area contributed by atoms with Gasteiger partial charge >= 0.3 is 5.97 Å². The monoisotopic (exact) mass is 250 g/mol. The molecule has 6 nitrogen and oxygen atoms in total. The molecule has 96 valence electrons. The summed E-state index contributed by atoms with van der Waals surface area (Å²) in [5, 5.41) is 10.6. The Morgan fingerprint density at radius 1 is 1.50 bits per heavy atom. The molecule has 0 radical (unpaired) electrons. The molecule has 1 aliphatic rings. The number of carbonyl (C=O) groups is 1. The zero-order valence-electron chi connectivity index (χ0n) is 9.80. The number of hydrogen-bond acceptors (Lipinski definition) is 5. The lowest BCUT2D eigenvalue weighted by atomic mass is 10.1. The number of esters is 1. The predicted octanol–water partition coefficient (Wildman–Crippen LogP) is 2.13. The smallest absolute Gasteiger partial charge is 0.340 e. The molecule has 0 bridgehead atoms. The van der Waals surface area contributed by atoms with Crippen molar-refractivity contribution in [2.24, 2.45) is 5.92 Å². The van der Waals surface area contributed by atoms with Gasteiger partial charge in [-0.05, 0) is 18.4 Å². The molecule has 0 aliphatic heterocycles. The minimum atomic E-state index is -0.600. The minimum Gasteiger partial charge on any atom is -0.462 e. The highest BCUT2D eigenvalue weighted by molar-refractivity contribution is 5.95. The Morgan fingerprint density at radius 3 is 2.83 bits per heavy atom. The number of non-ortho nitro benzene ring substituents is 1. The van der Waals surface area contributed by atoms with Crippen molar-refractivity contribution in [2.45, 2.75) is 19.3 Å². The van der Waals surface area contributed by atoms with Crippen LogP contribution in [0.25, 0.3) is 0 Å². The van der Waals surface area contributed by atoms with Crippen LogP contribution in [0.2, 0.25) is 0 Å². The molecule has 1 saturated carbocycles. The van der Waals surface area contributed by atoms with Gasteiger partial charge in [-0.2, -0.15) is 0 Å². The van der Waals surface area contributed by atoms with Gasteiger partial charge in [-0.3, -0.25) is 10.1 Å². The van der Waals surface area contributed by atoms with Gasteiger partial charge in [0.05, 0.1) is 17.1 Å². The molecular weight excluding hydrogens is 236 g/mol. The molecule has 0 amide bonds. The Balaban J connectivity index is 2.02. The lowest BCUT2D eigenvalue weighted by Crippen LogP contribution is -2.10. The van der Waals surface area contributed by atoms with Gasteiger partial charge in [0.2, 0.25) is 0 Å². The highest BCUT2D eigenvalue weighted by Crippen LogP contribution is 2.32. The second kappa shape index (κ2) is 5.03. The molecule has 1 aliphatic carbocycles. The van der Waals surface area contributed by atoms with E-state index < -0.39 is 10.9 Å². The van der Waals surface area contributed by atoms with E-state index in [0.717, 1.165) is 12.5 Å². The first-order valence-corrected chi connectivity index (χ1v) is 5.79. The molecule has 0 aromatic heterocycles. The summed E-state index contributed by atoms with van der Waals surface area (Å²) in [6, 6.07) is 3.75. The van der Waals surface area contributed by atoms with E-state index in [1.165, 1.54) is 25.0 Å². The van der Waals surface area contributed by atoms with Gasteiger partial charge in [0, 0.05) is 17.8 Å². The molecule has 6 heteroatoms. The number of hydrogen-bond donors (Lipinski definition) is 1. The van der Waals surface area contributed by atoms with Crippen LogP contribution in [-0.4, -0.2) is 17.5 Å². The fourth-order valence-corrected chi connectivity index (χ4v) is 1.64. The van der Waals surface area contributed by atoms with Crippen LogP contribution in [0.4, 0.5) is 11.4 Å². The average Bonchev–Trinajstić information content (AvgIpc) is 3.13. The predicted molar refractivity (Wildman–Crippen MR) is 65.1 cm³/mol. The average molecular weight is 250 g/mol. The van der Waals surface area contributed by atoms with Crippen LogP contribution >= 0.6 is 0 Å². The summed E-state index contributed by atoms with van der Waals surface area (Å²) < 4.78 is 5.05. The molecular formula is C12H14N2O4. The molecule has 2 N–H and O–H groups in total. The zero-order chi connectivity index (χ0) is 13.1. The van der Waals surface area contributed by atoms with Crippen molar-refractivity contribution >= 4 is 17.3 Å². The lowest BCUT2D eigenvalue weighted by molar-refractivity contribution is -0.384. The summed E-state index contributed by atoms with van der Waals surface area (Å²) in [5.41, 5.74) is 5.69. The van der Waals surface area contributed by atoms with Gasteiger partial charge in [-0.25, -0.2) is 4.79 Å². The van der Waals surface area contributed by atoms with Crippen LogP contribution in [0.15, 0.2) is 18.2 Å². The number of nitro groups is 1. The largest absolute Gasteiger partial charge is 0.462 e. The van der Waals surface area contributed by atoms with Crippen molar-refractivity contribution in [2.75, 3.05) is 12.3 Å². The minimum absolute atomic E-state index is 0.0556. The molecule has 1 aromatic carbocycles. The third-order valence-electron chi connectivity index (χ3n) is 2.92. The number of ether oxygens (including phenoxy) is 1. The molecule has 1 aromatic rings. The first-order valence-electron chi connectivity index (χ1n) is 5.79. The SMILES string of the molecule is Nc1ccc([N+](=O)[O-])cc1C(=O)OCCC1CC1. The number of carbonyl (C=O) groups excluding carboxylic acids is 1.